The number of carbonyl (C=O) groups is 1. The molecular weight excluding hydrogens is 358 g/mol. The number of piperidine rings is 1. The molecule has 1 aromatic heterocycles. The van der Waals surface area contributed by atoms with Gasteiger partial charge in [-0.3, -0.25) is 9.78 Å². The number of anilines is 1. The van der Waals surface area contributed by atoms with Gasteiger partial charge >= 0.3 is 0 Å². The third-order valence-electron chi connectivity index (χ3n) is 5.26. The maximum Gasteiger partial charge on any atom is 0.272 e. The smallest absolute Gasteiger partial charge is 0.272 e. The molecule has 2 fully saturated rings. The van der Waals surface area contributed by atoms with Gasteiger partial charge in [-0.25, -0.2) is 0 Å². The Bertz CT molecular complexity index is 809. The number of likely N-dealkylation sites (tertiary alicyclic amines) is 1. The molecule has 148 valence electrons. The molecule has 28 heavy (non-hydrogen) atoms. The van der Waals surface area contributed by atoms with Crippen LogP contribution >= 0.6 is 0 Å². The molecule has 0 unspecified atom stereocenters. The molecule has 3 heterocycles. The van der Waals surface area contributed by atoms with Crippen LogP contribution in [0.25, 0.3) is 0 Å². The van der Waals surface area contributed by atoms with Gasteiger partial charge in [-0.15, -0.1) is 0 Å². The lowest BCUT2D eigenvalue weighted by Gasteiger charge is -2.37. The minimum Gasteiger partial charge on any atom is -0.497 e. The number of amides is 1. The second-order valence-corrected chi connectivity index (χ2v) is 7.03. The molecule has 2 saturated heterocycles. The van der Waals surface area contributed by atoms with E-state index in [1.54, 1.807) is 19.4 Å². The van der Waals surface area contributed by atoms with E-state index in [1.807, 2.05) is 35.2 Å². The van der Waals surface area contributed by atoms with Crippen molar-refractivity contribution in [2.75, 3.05) is 38.7 Å². The zero-order valence-electron chi connectivity index (χ0n) is 16.0. The van der Waals surface area contributed by atoms with Crippen molar-refractivity contribution in [3.8, 4) is 5.75 Å². The van der Waals surface area contributed by atoms with Gasteiger partial charge in [0.1, 0.15) is 11.4 Å². The van der Waals surface area contributed by atoms with Gasteiger partial charge in [-0.05, 0) is 29.8 Å². The van der Waals surface area contributed by atoms with E-state index in [4.69, 9.17) is 14.2 Å². The Morgan fingerprint density at radius 1 is 1.18 bits per heavy atom. The third kappa shape index (κ3) is 4.10. The van der Waals surface area contributed by atoms with Crippen LogP contribution in [0.1, 0.15) is 28.9 Å². The highest BCUT2D eigenvalue weighted by Crippen LogP contribution is 2.31. The first-order valence-corrected chi connectivity index (χ1v) is 9.57. The fraction of sp³-hybridized carbons (Fsp3) is 0.429. The van der Waals surface area contributed by atoms with E-state index in [0.29, 0.717) is 51.4 Å². The number of ether oxygens (including phenoxy) is 3. The van der Waals surface area contributed by atoms with Gasteiger partial charge in [0.15, 0.2) is 5.79 Å². The van der Waals surface area contributed by atoms with E-state index in [9.17, 15) is 4.79 Å². The van der Waals surface area contributed by atoms with E-state index >= 15 is 0 Å². The molecule has 4 rings (SSSR count). The quantitative estimate of drug-likeness (QED) is 0.856. The Labute approximate surface area is 164 Å². The topological polar surface area (TPSA) is 72.9 Å². The van der Waals surface area contributed by atoms with Crippen molar-refractivity contribution in [2.24, 2.45) is 0 Å². The van der Waals surface area contributed by atoms with E-state index in [1.165, 1.54) is 0 Å². The zero-order valence-corrected chi connectivity index (χ0v) is 16.0. The Kier molecular flexibility index (Phi) is 5.45. The Morgan fingerprint density at radius 2 is 1.89 bits per heavy atom. The summed E-state index contributed by atoms with van der Waals surface area (Å²) in [5.74, 6) is 0.296. The Hall–Kier alpha value is -2.64. The van der Waals surface area contributed by atoms with Crippen molar-refractivity contribution >= 4 is 11.6 Å². The highest BCUT2D eigenvalue weighted by Gasteiger charge is 2.41. The van der Waals surface area contributed by atoms with Crippen LogP contribution in [-0.2, 0) is 16.0 Å². The summed E-state index contributed by atoms with van der Waals surface area (Å²) in [6.07, 6.45) is 3.07. The first-order valence-electron chi connectivity index (χ1n) is 9.57. The fourth-order valence-electron chi connectivity index (χ4n) is 3.60. The summed E-state index contributed by atoms with van der Waals surface area (Å²) in [6.45, 7) is 3.16. The molecule has 2 aliphatic heterocycles. The lowest BCUT2D eigenvalue weighted by molar-refractivity contribution is -0.181. The largest absolute Gasteiger partial charge is 0.497 e. The van der Waals surface area contributed by atoms with Gasteiger partial charge < -0.3 is 24.4 Å². The first kappa shape index (κ1) is 18.7. The number of hydrogen-bond acceptors (Lipinski definition) is 6. The number of rotatable bonds is 5. The second-order valence-electron chi connectivity index (χ2n) is 7.03. The predicted molar refractivity (Wildman–Crippen MR) is 104 cm³/mol. The average molecular weight is 383 g/mol. The summed E-state index contributed by atoms with van der Waals surface area (Å²) >= 11 is 0. The van der Waals surface area contributed by atoms with Crippen LogP contribution in [0.4, 0.5) is 5.69 Å². The molecule has 0 saturated carbocycles. The van der Waals surface area contributed by atoms with Gasteiger partial charge in [0.2, 0.25) is 0 Å². The van der Waals surface area contributed by atoms with Gasteiger partial charge in [0, 0.05) is 44.4 Å². The molecular formula is C21H25N3O4. The number of hydrogen-bond donors (Lipinski definition) is 1. The lowest BCUT2D eigenvalue weighted by Crippen LogP contribution is -2.47. The molecule has 1 N–H and O–H groups in total. The summed E-state index contributed by atoms with van der Waals surface area (Å²) < 4.78 is 16.6. The maximum atomic E-state index is 12.8. The lowest BCUT2D eigenvalue weighted by atomic mass is 10.0. The maximum absolute atomic E-state index is 12.8. The van der Waals surface area contributed by atoms with Crippen molar-refractivity contribution < 1.29 is 19.0 Å². The number of aromatic nitrogens is 1. The minimum absolute atomic E-state index is 0.0547. The number of nitrogens with zero attached hydrogens (tertiary/aromatic N) is 2. The monoisotopic (exact) mass is 383 g/mol. The molecule has 7 nitrogen and oxygen atoms in total. The molecule has 1 amide bonds. The number of nitrogens with one attached hydrogen (secondary N) is 1. The van der Waals surface area contributed by atoms with E-state index in [-0.39, 0.29) is 5.91 Å². The minimum atomic E-state index is -0.480. The molecule has 7 heteroatoms. The predicted octanol–water partition coefficient (Wildman–Crippen LogP) is 2.68. The average Bonchev–Trinajstić information content (AvgIpc) is 3.21. The fourth-order valence-corrected chi connectivity index (χ4v) is 3.60. The summed E-state index contributed by atoms with van der Waals surface area (Å²) in [5, 5.41) is 3.34. The third-order valence-corrected chi connectivity index (χ3v) is 5.26. The van der Waals surface area contributed by atoms with Crippen LogP contribution < -0.4 is 10.1 Å². The first-order chi connectivity index (χ1) is 13.7. The molecule has 1 spiro atoms. The number of pyridine rings is 1. The van der Waals surface area contributed by atoms with Gasteiger partial charge in [0.25, 0.3) is 5.91 Å². The van der Waals surface area contributed by atoms with E-state index < -0.39 is 5.79 Å². The molecule has 1 aromatic carbocycles. The summed E-state index contributed by atoms with van der Waals surface area (Å²) in [6, 6.07) is 11.6. The summed E-state index contributed by atoms with van der Waals surface area (Å²) in [4.78, 5) is 18.9. The van der Waals surface area contributed by atoms with Crippen molar-refractivity contribution in [1.82, 2.24) is 9.88 Å². The molecule has 2 aromatic rings. The van der Waals surface area contributed by atoms with Crippen LogP contribution in [0, 0.1) is 0 Å². The molecule has 2 aliphatic rings. The summed E-state index contributed by atoms with van der Waals surface area (Å²) in [7, 11) is 1.65. The molecule has 0 atom stereocenters. The van der Waals surface area contributed by atoms with Crippen molar-refractivity contribution in [3.05, 3.63) is 53.9 Å². The zero-order chi connectivity index (χ0) is 19.4. The molecule has 0 bridgehead atoms. The van der Waals surface area contributed by atoms with Gasteiger partial charge in [0.05, 0.1) is 20.3 Å². The van der Waals surface area contributed by atoms with Crippen LogP contribution in [0.2, 0.25) is 0 Å². The molecule has 0 radical (unpaired) electrons. The van der Waals surface area contributed by atoms with Crippen LogP contribution in [0.5, 0.6) is 5.75 Å². The van der Waals surface area contributed by atoms with Crippen LogP contribution in [0.3, 0.4) is 0 Å². The van der Waals surface area contributed by atoms with Crippen molar-refractivity contribution in [3.63, 3.8) is 0 Å². The van der Waals surface area contributed by atoms with Gasteiger partial charge in [-0.1, -0.05) is 12.1 Å². The number of methoxy groups -OCH3 is 1. The Balaban J connectivity index is 1.35. The SMILES string of the molecule is COc1ccc(CNc2ccnc(C(=O)N3CCC4(CC3)OCCO4)c2)cc1. The van der Waals surface area contributed by atoms with E-state index in [2.05, 4.69) is 10.3 Å². The standard InChI is InChI=1S/C21H25N3O4/c1-26-18-4-2-16(3-5-18)15-23-17-6-9-22-19(14-17)20(25)24-10-7-21(8-11-24)27-12-13-28-21/h2-6,9,14H,7-8,10-13,15H2,1H3,(H,22,23). The molecule has 0 aliphatic carbocycles. The van der Waals surface area contributed by atoms with Crippen molar-refractivity contribution in [1.29, 1.82) is 0 Å². The van der Waals surface area contributed by atoms with Crippen molar-refractivity contribution in [2.45, 2.75) is 25.2 Å². The normalized spacial score (nSPS) is 18.2. The Morgan fingerprint density at radius 3 is 2.57 bits per heavy atom. The highest BCUT2D eigenvalue weighted by molar-refractivity contribution is 5.93. The summed E-state index contributed by atoms with van der Waals surface area (Å²) in [5.41, 5.74) is 2.44. The number of carbonyl (C=O) groups excluding carboxylic acids is 1. The van der Waals surface area contributed by atoms with Crippen LogP contribution in [0.15, 0.2) is 42.6 Å². The highest BCUT2D eigenvalue weighted by atomic mass is 16.7. The van der Waals surface area contributed by atoms with E-state index in [0.717, 1.165) is 17.0 Å². The van der Waals surface area contributed by atoms with Gasteiger partial charge in [-0.2, -0.15) is 0 Å². The van der Waals surface area contributed by atoms with Crippen LogP contribution in [-0.4, -0.2) is 55.0 Å². The number of benzene rings is 1. The second kappa shape index (κ2) is 8.16.